The Morgan fingerprint density at radius 3 is 2.70 bits per heavy atom. The number of sulfone groups is 1. The second kappa shape index (κ2) is 8.20. The lowest BCUT2D eigenvalue weighted by atomic mass is 10.2. The van der Waals surface area contributed by atoms with Crippen molar-refractivity contribution in [1.82, 2.24) is 4.98 Å². The normalized spacial score (nSPS) is 12.5. The first-order valence-electron chi connectivity index (χ1n) is 6.51. The van der Waals surface area contributed by atoms with Gasteiger partial charge >= 0.3 is 0 Å². The van der Waals surface area contributed by atoms with Crippen LogP contribution in [-0.2, 0) is 14.6 Å². The lowest BCUT2D eigenvalue weighted by Crippen LogP contribution is -2.37. The first-order valence-corrected chi connectivity index (χ1v) is 10.3. The Kier molecular flexibility index (Phi) is 7.15. The van der Waals surface area contributed by atoms with Crippen molar-refractivity contribution in [3.8, 4) is 10.6 Å². The molecule has 0 aliphatic heterocycles. The third kappa shape index (κ3) is 6.19. The number of aryl methyl sites for hydroxylation is 1. The molecule has 2 aromatic heterocycles. The van der Waals surface area contributed by atoms with E-state index < -0.39 is 21.8 Å². The number of nitrogens with two attached hydrogens (primary N) is 1. The van der Waals surface area contributed by atoms with Gasteiger partial charge in [0.25, 0.3) is 0 Å². The van der Waals surface area contributed by atoms with Gasteiger partial charge in [-0.2, -0.15) is 0 Å². The molecule has 128 valence electrons. The first kappa shape index (κ1) is 20.0. The SMILES string of the molecule is Cc1ccc(-c2csc(NC(=O)C(N)CCS(C)(=O)=O)n2)s1.Cl. The summed E-state index contributed by atoms with van der Waals surface area (Å²) in [7, 11) is -3.13. The molecule has 1 unspecified atom stereocenters. The highest BCUT2D eigenvalue weighted by Gasteiger charge is 2.17. The maximum absolute atomic E-state index is 11.9. The number of hydrogen-bond acceptors (Lipinski definition) is 7. The zero-order valence-electron chi connectivity index (χ0n) is 12.6. The first-order chi connectivity index (χ1) is 10.2. The van der Waals surface area contributed by atoms with Gasteiger partial charge in [-0.3, -0.25) is 4.79 Å². The van der Waals surface area contributed by atoms with Gasteiger partial charge in [-0.25, -0.2) is 13.4 Å². The molecule has 0 aliphatic carbocycles. The largest absolute Gasteiger partial charge is 0.320 e. The van der Waals surface area contributed by atoms with Gasteiger partial charge in [0.1, 0.15) is 9.84 Å². The maximum Gasteiger partial charge on any atom is 0.243 e. The summed E-state index contributed by atoms with van der Waals surface area (Å²) < 4.78 is 22.2. The molecule has 2 aromatic rings. The summed E-state index contributed by atoms with van der Waals surface area (Å²) in [5.74, 6) is -0.536. The molecule has 0 bridgehead atoms. The zero-order valence-corrected chi connectivity index (χ0v) is 15.9. The van der Waals surface area contributed by atoms with Crippen LogP contribution in [0.1, 0.15) is 11.3 Å². The molecule has 0 aromatic carbocycles. The summed E-state index contributed by atoms with van der Waals surface area (Å²) in [5, 5.41) is 4.95. The molecular weight excluding hydrogens is 378 g/mol. The van der Waals surface area contributed by atoms with Gasteiger partial charge in [0, 0.05) is 16.5 Å². The van der Waals surface area contributed by atoms with Gasteiger partial charge in [0.2, 0.25) is 5.91 Å². The average Bonchev–Trinajstić information content (AvgIpc) is 3.04. The molecule has 0 spiro atoms. The minimum Gasteiger partial charge on any atom is -0.320 e. The van der Waals surface area contributed by atoms with Crippen molar-refractivity contribution in [2.45, 2.75) is 19.4 Å². The van der Waals surface area contributed by atoms with Crippen molar-refractivity contribution >= 4 is 56.0 Å². The van der Waals surface area contributed by atoms with E-state index in [4.69, 9.17) is 5.73 Å². The van der Waals surface area contributed by atoms with E-state index in [0.717, 1.165) is 16.8 Å². The number of nitrogens with zero attached hydrogens (tertiary/aromatic N) is 1. The molecule has 0 aliphatic rings. The standard InChI is InChI=1S/C13H17N3O3S3.ClH/c1-8-3-4-11(21-8)10-7-20-13(15-10)16-12(17)9(14)5-6-22(2,18)19;/h3-4,7,9H,5-6,14H2,1-2H3,(H,15,16,17);1H. The summed E-state index contributed by atoms with van der Waals surface area (Å²) in [4.78, 5) is 18.5. The summed E-state index contributed by atoms with van der Waals surface area (Å²) >= 11 is 2.94. The minimum absolute atomic E-state index is 0. The van der Waals surface area contributed by atoms with Crippen molar-refractivity contribution < 1.29 is 13.2 Å². The third-order valence-corrected chi connectivity index (χ3v) is 5.62. The zero-order chi connectivity index (χ0) is 16.3. The third-order valence-electron chi connectivity index (χ3n) is 2.86. The molecule has 6 nitrogen and oxygen atoms in total. The molecule has 2 rings (SSSR count). The molecule has 10 heteroatoms. The molecule has 2 heterocycles. The van der Waals surface area contributed by atoms with Crippen LogP contribution in [0.25, 0.3) is 10.6 Å². The number of nitrogens with one attached hydrogen (secondary N) is 1. The van der Waals surface area contributed by atoms with Crippen LogP contribution < -0.4 is 11.1 Å². The monoisotopic (exact) mass is 395 g/mol. The lowest BCUT2D eigenvalue weighted by molar-refractivity contribution is -0.117. The van der Waals surface area contributed by atoms with Crippen molar-refractivity contribution in [2.24, 2.45) is 5.73 Å². The van der Waals surface area contributed by atoms with Crippen LogP contribution in [0.5, 0.6) is 0 Å². The van der Waals surface area contributed by atoms with Crippen molar-refractivity contribution in [2.75, 3.05) is 17.3 Å². The molecule has 1 amide bonds. The highest BCUT2D eigenvalue weighted by Crippen LogP contribution is 2.30. The fourth-order valence-corrected chi connectivity index (χ4v) is 3.99. The molecule has 23 heavy (non-hydrogen) atoms. The van der Waals surface area contributed by atoms with E-state index >= 15 is 0 Å². The fourth-order valence-electron chi connectivity index (χ4n) is 1.69. The van der Waals surface area contributed by atoms with Crippen molar-refractivity contribution in [1.29, 1.82) is 0 Å². The Morgan fingerprint density at radius 1 is 1.43 bits per heavy atom. The molecule has 0 fully saturated rings. The number of amides is 1. The number of thiazole rings is 1. The molecule has 0 saturated heterocycles. The highest BCUT2D eigenvalue weighted by atomic mass is 35.5. The van der Waals surface area contributed by atoms with Crippen LogP contribution in [0.15, 0.2) is 17.5 Å². The molecule has 3 N–H and O–H groups in total. The Bertz CT molecular complexity index is 770. The van der Waals surface area contributed by atoms with Crippen LogP contribution in [-0.4, -0.2) is 37.4 Å². The number of rotatable bonds is 6. The van der Waals surface area contributed by atoms with Gasteiger partial charge < -0.3 is 11.1 Å². The molecule has 0 saturated carbocycles. The van der Waals surface area contributed by atoms with Gasteiger partial charge in [-0.15, -0.1) is 35.1 Å². The van der Waals surface area contributed by atoms with Crippen LogP contribution in [0.2, 0.25) is 0 Å². The number of carbonyl (C=O) groups excluding carboxylic acids is 1. The Labute approximate surface area is 149 Å². The fraction of sp³-hybridized carbons (Fsp3) is 0.385. The Morgan fingerprint density at radius 2 is 2.13 bits per heavy atom. The van der Waals surface area contributed by atoms with E-state index in [2.05, 4.69) is 10.3 Å². The van der Waals surface area contributed by atoms with Gasteiger partial charge in [-0.05, 0) is 25.5 Å². The maximum atomic E-state index is 11.9. The van der Waals surface area contributed by atoms with Crippen LogP contribution in [0, 0.1) is 6.92 Å². The van der Waals surface area contributed by atoms with E-state index in [0.29, 0.717) is 5.13 Å². The number of thiophene rings is 1. The number of anilines is 1. The number of halogens is 1. The summed E-state index contributed by atoms with van der Waals surface area (Å²) in [6.07, 6.45) is 1.21. The summed E-state index contributed by atoms with van der Waals surface area (Å²) in [6.45, 7) is 2.02. The average molecular weight is 396 g/mol. The molecule has 0 radical (unpaired) electrons. The number of aromatic nitrogens is 1. The summed E-state index contributed by atoms with van der Waals surface area (Å²) in [6, 6.07) is 3.13. The smallest absolute Gasteiger partial charge is 0.243 e. The second-order valence-corrected chi connectivity index (χ2v) is 9.37. The predicted molar refractivity (Wildman–Crippen MR) is 98.3 cm³/mol. The topological polar surface area (TPSA) is 102 Å². The number of hydrogen-bond donors (Lipinski definition) is 2. The van der Waals surface area contributed by atoms with Crippen LogP contribution >= 0.6 is 35.1 Å². The van der Waals surface area contributed by atoms with Crippen molar-refractivity contribution in [3.63, 3.8) is 0 Å². The summed E-state index contributed by atoms with van der Waals surface area (Å²) in [5.41, 5.74) is 6.50. The van der Waals surface area contributed by atoms with E-state index in [1.807, 2.05) is 24.4 Å². The van der Waals surface area contributed by atoms with Crippen LogP contribution in [0.3, 0.4) is 0 Å². The molecule has 1 atom stereocenters. The van der Waals surface area contributed by atoms with E-state index in [1.54, 1.807) is 11.3 Å². The van der Waals surface area contributed by atoms with Crippen molar-refractivity contribution in [3.05, 3.63) is 22.4 Å². The lowest BCUT2D eigenvalue weighted by Gasteiger charge is -2.09. The predicted octanol–water partition coefficient (Wildman–Crippen LogP) is 2.30. The Balaban J connectivity index is 0.00000264. The van der Waals surface area contributed by atoms with Crippen LogP contribution in [0.4, 0.5) is 5.13 Å². The quantitative estimate of drug-likeness (QED) is 0.781. The highest BCUT2D eigenvalue weighted by molar-refractivity contribution is 7.90. The number of carbonyl (C=O) groups is 1. The second-order valence-electron chi connectivity index (χ2n) is 4.96. The van der Waals surface area contributed by atoms with E-state index in [1.165, 1.54) is 16.2 Å². The Hall–Kier alpha value is -1.00. The van der Waals surface area contributed by atoms with Gasteiger partial charge in [0.05, 0.1) is 22.4 Å². The van der Waals surface area contributed by atoms with E-state index in [9.17, 15) is 13.2 Å². The molecular formula is C13H18ClN3O3S3. The van der Waals surface area contributed by atoms with Gasteiger partial charge in [-0.1, -0.05) is 0 Å². The van der Waals surface area contributed by atoms with Gasteiger partial charge in [0.15, 0.2) is 5.13 Å². The van der Waals surface area contributed by atoms with E-state index in [-0.39, 0.29) is 24.6 Å². The minimum atomic E-state index is -3.13.